The normalized spacial score (nSPS) is 11.9. The monoisotopic (exact) mass is 295 g/mol. The van der Waals surface area contributed by atoms with Crippen LogP contribution in [0.5, 0.6) is 0 Å². The number of carboxylic acid groups (broad SMARTS) is 1. The predicted molar refractivity (Wildman–Crippen MR) is 77.2 cm³/mol. The molecule has 0 aromatic carbocycles. The van der Waals surface area contributed by atoms with Gasteiger partial charge in [-0.1, -0.05) is 6.92 Å². The van der Waals surface area contributed by atoms with E-state index in [0.717, 1.165) is 6.42 Å². The minimum absolute atomic E-state index is 0.0832. The van der Waals surface area contributed by atoms with Gasteiger partial charge in [-0.05, 0) is 32.3 Å². The zero-order chi connectivity index (χ0) is 15.8. The van der Waals surface area contributed by atoms with E-state index in [1.54, 1.807) is 0 Å². The number of nitrogens with one attached hydrogen (secondary N) is 1. The van der Waals surface area contributed by atoms with Gasteiger partial charge in [0.25, 0.3) is 11.5 Å². The number of carbonyl (C=O) groups excluding carboxylic acids is 1. The molecule has 7 nitrogen and oxygen atoms in total. The topological polar surface area (TPSA) is 101 Å². The van der Waals surface area contributed by atoms with Crippen molar-refractivity contribution < 1.29 is 14.7 Å². The van der Waals surface area contributed by atoms with Crippen LogP contribution in [0.2, 0.25) is 0 Å². The van der Waals surface area contributed by atoms with Gasteiger partial charge >= 0.3 is 5.97 Å². The number of hydrogen-bond acceptors (Lipinski definition) is 4. The maximum atomic E-state index is 12.0. The molecule has 116 valence electrons. The smallest absolute Gasteiger partial charge is 0.303 e. The number of carbonyl (C=O) groups is 2. The van der Waals surface area contributed by atoms with Crippen molar-refractivity contribution in [3.8, 4) is 0 Å². The molecule has 0 bridgehead atoms. The van der Waals surface area contributed by atoms with Crippen LogP contribution in [0.15, 0.2) is 16.9 Å². The van der Waals surface area contributed by atoms with E-state index >= 15 is 0 Å². The molecule has 1 unspecified atom stereocenters. The van der Waals surface area contributed by atoms with Crippen molar-refractivity contribution in [2.75, 3.05) is 0 Å². The largest absolute Gasteiger partial charge is 0.481 e. The van der Waals surface area contributed by atoms with Gasteiger partial charge in [-0.2, -0.15) is 5.10 Å². The van der Waals surface area contributed by atoms with Crippen molar-refractivity contribution in [3.05, 3.63) is 28.2 Å². The van der Waals surface area contributed by atoms with Gasteiger partial charge in [0, 0.05) is 25.1 Å². The number of carboxylic acids is 1. The van der Waals surface area contributed by atoms with E-state index < -0.39 is 5.97 Å². The van der Waals surface area contributed by atoms with E-state index in [2.05, 4.69) is 10.4 Å². The van der Waals surface area contributed by atoms with E-state index in [9.17, 15) is 14.4 Å². The van der Waals surface area contributed by atoms with E-state index in [0.29, 0.717) is 19.4 Å². The van der Waals surface area contributed by atoms with Gasteiger partial charge in [-0.3, -0.25) is 14.4 Å². The summed E-state index contributed by atoms with van der Waals surface area (Å²) in [4.78, 5) is 34.0. The van der Waals surface area contributed by atoms with Gasteiger partial charge in [-0.15, -0.1) is 0 Å². The maximum Gasteiger partial charge on any atom is 0.303 e. The molecular formula is C14H21N3O4. The van der Waals surface area contributed by atoms with Crippen LogP contribution < -0.4 is 10.9 Å². The van der Waals surface area contributed by atoms with Gasteiger partial charge in [0.2, 0.25) is 0 Å². The van der Waals surface area contributed by atoms with Crippen LogP contribution in [-0.4, -0.2) is 32.8 Å². The highest BCUT2D eigenvalue weighted by Gasteiger charge is 2.12. The third kappa shape index (κ3) is 5.76. The summed E-state index contributed by atoms with van der Waals surface area (Å²) in [5.41, 5.74) is -0.0453. The Balaban J connectivity index is 2.60. The summed E-state index contributed by atoms with van der Waals surface area (Å²) >= 11 is 0. The molecule has 2 N–H and O–H groups in total. The predicted octanol–water partition coefficient (Wildman–Crippen LogP) is 1.03. The Hall–Kier alpha value is -2.18. The van der Waals surface area contributed by atoms with E-state index in [1.807, 2.05) is 13.8 Å². The Morgan fingerprint density at radius 3 is 2.76 bits per heavy atom. The molecule has 0 aliphatic carbocycles. The molecule has 0 aliphatic rings. The fourth-order valence-electron chi connectivity index (χ4n) is 1.87. The van der Waals surface area contributed by atoms with E-state index in [1.165, 1.54) is 16.8 Å². The molecule has 21 heavy (non-hydrogen) atoms. The first-order chi connectivity index (χ1) is 9.93. The molecule has 1 aromatic heterocycles. The Morgan fingerprint density at radius 2 is 2.14 bits per heavy atom. The zero-order valence-electron chi connectivity index (χ0n) is 12.3. The summed E-state index contributed by atoms with van der Waals surface area (Å²) in [6, 6.07) is 2.57. The zero-order valence-corrected chi connectivity index (χ0v) is 12.3. The summed E-state index contributed by atoms with van der Waals surface area (Å²) in [5, 5.41) is 15.3. The number of amides is 1. The van der Waals surface area contributed by atoms with Gasteiger partial charge in [-0.25, -0.2) is 4.68 Å². The Bertz CT molecular complexity index is 553. The SMILES string of the molecule is CCCn1nc(C(=O)NC(C)CCCC(=O)O)ccc1=O. The van der Waals surface area contributed by atoms with Crippen LogP contribution in [0.25, 0.3) is 0 Å². The second-order valence-corrected chi connectivity index (χ2v) is 4.94. The molecule has 0 saturated carbocycles. The van der Waals surface area contributed by atoms with Crippen LogP contribution in [0.3, 0.4) is 0 Å². The molecule has 0 radical (unpaired) electrons. The second kappa shape index (κ2) is 8.18. The molecule has 0 fully saturated rings. The molecule has 7 heteroatoms. The number of aryl methyl sites for hydroxylation is 1. The summed E-state index contributed by atoms with van der Waals surface area (Å²) < 4.78 is 1.27. The first kappa shape index (κ1) is 16.9. The number of nitrogens with zero attached hydrogens (tertiary/aromatic N) is 2. The van der Waals surface area contributed by atoms with Crippen LogP contribution >= 0.6 is 0 Å². The summed E-state index contributed by atoms with van der Waals surface area (Å²) in [6.07, 6.45) is 1.91. The standard InChI is InChI=1S/C14H21N3O4/c1-3-9-17-12(18)8-7-11(16-17)14(21)15-10(2)5-4-6-13(19)20/h7-8,10H,3-6,9H2,1-2H3,(H,15,21)(H,19,20). The van der Waals surface area contributed by atoms with Crippen molar-refractivity contribution >= 4 is 11.9 Å². The molecule has 1 rings (SSSR count). The van der Waals surface area contributed by atoms with Crippen molar-refractivity contribution in [1.82, 2.24) is 15.1 Å². The molecular weight excluding hydrogens is 274 g/mol. The lowest BCUT2D eigenvalue weighted by molar-refractivity contribution is -0.137. The van der Waals surface area contributed by atoms with Gasteiger partial charge in [0.05, 0.1) is 0 Å². The molecule has 1 heterocycles. The van der Waals surface area contributed by atoms with Gasteiger partial charge < -0.3 is 10.4 Å². The second-order valence-electron chi connectivity index (χ2n) is 4.94. The molecule has 0 aliphatic heterocycles. The minimum Gasteiger partial charge on any atom is -0.481 e. The molecule has 1 aromatic rings. The minimum atomic E-state index is -0.846. The first-order valence-corrected chi connectivity index (χ1v) is 7.05. The quantitative estimate of drug-likeness (QED) is 0.745. The van der Waals surface area contributed by atoms with E-state index in [-0.39, 0.29) is 29.6 Å². The van der Waals surface area contributed by atoms with Crippen molar-refractivity contribution in [2.45, 2.75) is 52.1 Å². The maximum absolute atomic E-state index is 12.0. The molecule has 1 amide bonds. The van der Waals surface area contributed by atoms with Gasteiger partial charge in [0.15, 0.2) is 0 Å². The van der Waals surface area contributed by atoms with Crippen molar-refractivity contribution in [3.63, 3.8) is 0 Å². The highest BCUT2D eigenvalue weighted by Crippen LogP contribution is 2.02. The van der Waals surface area contributed by atoms with Crippen molar-refractivity contribution in [1.29, 1.82) is 0 Å². The Kier molecular flexibility index (Phi) is 6.58. The summed E-state index contributed by atoms with van der Waals surface area (Å²) in [7, 11) is 0. The Morgan fingerprint density at radius 1 is 1.43 bits per heavy atom. The highest BCUT2D eigenvalue weighted by atomic mass is 16.4. The third-order valence-electron chi connectivity index (χ3n) is 2.94. The van der Waals surface area contributed by atoms with Crippen LogP contribution in [0.4, 0.5) is 0 Å². The van der Waals surface area contributed by atoms with E-state index in [4.69, 9.17) is 5.11 Å². The summed E-state index contributed by atoms with van der Waals surface area (Å²) in [5.74, 6) is -1.20. The fourth-order valence-corrected chi connectivity index (χ4v) is 1.87. The number of rotatable bonds is 8. The average molecular weight is 295 g/mol. The lowest BCUT2D eigenvalue weighted by atomic mass is 10.1. The fraction of sp³-hybridized carbons (Fsp3) is 0.571. The average Bonchev–Trinajstić information content (AvgIpc) is 2.40. The lowest BCUT2D eigenvalue weighted by Crippen LogP contribution is -2.35. The van der Waals surface area contributed by atoms with Crippen molar-refractivity contribution in [2.24, 2.45) is 0 Å². The number of aliphatic carboxylic acids is 1. The van der Waals surface area contributed by atoms with Gasteiger partial charge in [0.1, 0.15) is 5.69 Å². The van der Waals surface area contributed by atoms with Crippen LogP contribution in [-0.2, 0) is 11.3 Å². The number of hydrogen-bond donors (Lipinski definition) is 2. The molecule has 0 saturated heterocycles. The highest BCUT2D eigenvalue weighted by molar-refractivity contribution is 5.92. The molecule has 1 atom stereocenters. The third-order valence-corrected chi connectivity index (χ3v) is 2.94. The first-order valence-electron chi connectivity index (χ1n) is 7.05. The summed E-state index contributed by atoms with van der Waals surface area (Å²) in [6.45, 7) is 4.20. The lowest BCUT2D eigenvalue weighted by Gasteiger charge is -2.13. The van der Waals surface area contributed by atoms with Crippen LogP contribution in [0, 0.1) is 0 Å². The van der Waals surface area contributed by atoms with Crippen LogP contribution in [0.1, 0.15) is 50.0 Å². The Labute approximate surface area is 123 Å². The molecule has 0 spiro atoms. The number of aromatic nitrogens is 2.